The lowest BCUT2D eigenvalue weighted by Gasteiger charge is -2.32. The topological polar surface area (TPSA) is 30.9 Å². The first-order valence-electron chi connectivity index (χ1n) is 7.51. The average molecular weight is 305 g/mol. The zero-order chi connectivity index (χ0) is 15.2. The van der Waals surface area contributed by atoms with Crippen molar-refractivity contribution in [2.75, 3.05) is 26.5 Å². The van der Waals surface area contributed by atoms with Crippen LogP contribution in [0.25, 0.3) is 0 Å². The van der Waals surface area contributed by atoms with E-state index in [1.807, 2.05) is 14.1 Å². The second-order valence-electron chi connectivity index (χ2n) is 6.48. The Morgan fingerprint density at radius 3 is 2.50 bits per heavy atom. The Bertz CT molecular complexity index is 262. The summed E-state index contributed by atoms with van der Waals surface area (Å²) in [4.78, 5) is 2.11. The van der Waals surface area contributed by atoms with Crippen LogP contribution >= 0.6 is 11.8 Å². The Morgan fingerprint density at radius 2 is 2.00 bits per heavy atom. The minimum absolute atomic E-state index is 0.0207. The van der Waals surface area contributed by atoms with Crippen LogP contribution in [0.4, 0.5) is 0 Å². The summed E-state index contributed by atoms with van der Waals surface area (Å²) in [6.07, 6.45) is 3.45. The lowest BCUT2D eigenvalue weighted by Crippen LogP contribution is -2.39. The molecule has 0 radical (unpaired) electrons. The van der Waals surface area contributed by atoms with Gasteiger partial charge in [0.1, 0.15) is 11.7 Å². The van der Waals surface area contributed by atoms with Gasteiger partial charge in [-0.25, -0.2) is 0 Å². The van der Waals surface area contributed by atoms with E-state index >= 15 is 0 Å². The van der Waals surface area contributed by atoms with Gasteiger partial charge in [-0.2, -0.15) is 0 Å². The summed E-state index contributed by atoms with van der Waals surface area (Å²) in [5, 5.41) is 0. The molecule has 1 heterocycles. The van der Waals surface area contributed by atoms with Gasteiger partial charge in [-0.3, -0.25) is 4.90 Å². The fourth-order valence-electron chi connectivity index (χ4n) is 1.99. The van der Waals surface area contributed by atoms with Crippen molar-refractivity contribution in [1.29, 1.82) is 0 Å². The number of ether oxygens (including phenoxy) is 3. The molecule has 5 heteroatoms. The van der Waals surface area contributed by atoms with Crippen molar-refractivity contribution >= 4 is 11.8 Å². The van der Waals surface area contributed by atoms with E-state index < -0.39 is 0 Å². The van der Waals surface area contributed by atoms with Crippen LogP contribution in [0, 0.1) is 0 Å². The van der Waals surface area contributed by atoms with E-state index in [1.165, 1.54) is 6.42 Å². The molecule has 3 unspecified atom stereocenters. The molecule has 0 spiro atoms. The maximum Gasteiger partial charge on any atom is 0.159 e. The van der Waals surface area contributed by atoms with E-state index in [0.717, 1.165) is 25.2 Å². The van der Waals surface area contributed by atoms with Crippen LogP contribution in [-0.2, 0) is 14.2 Å². The van der Waals surface area contributed by atoms with E-state index in [-0.39, 0.29) is 23.6 Å². The molecule has 0 aliphatic carbocycles. The standard InChI is InChI=1S/C15H31NO3S/c1-12(18-14-9-7-8-10-17-14)20-11-13(16(5)6)19-15(2,3)4/h12-14H,7-11H2,1-6H3. The van der Waals surface area contributed by atoms with Crippen molar-refractivity contribution in [2.24, 2.45) is 0 Å². The van der Waals surface area contributed by atoms with Crippen LogP contribution in [-0.4, -0.2) is 54.9 Å². The van der Waals surface area contributed by atoms with E-state index in [2.05, 4.69) is 32.6 Å². The molecular formula is C15H31NO3S. The third-order valence-electron chi connectivity index (χ3n) is 3.02. The van der Waals surface area contributed by atoms with Gasteiger partial charge in [-0.15, -0.1) is 11.8 Å². The van der Waals surface area contributed by atoms with Gasteiger partial charge in [0.15, 0.2) is 6.29 Å². The predicted octanol–water partition coefficient (Wildman–Crippen LogP) is 3.31. The van der Waals surface area contributed by atoms with E-state index in [4.69, 9.17) is 14.2 Å². The van der Waals surface area contributed by atoms with Crippen LogP contribution in [0.2, 0.25) is 0 Å². The molecule has 0 saturated carbocycles. The molecule has 0 aromatic heterocycles. The van der Waals surface area contributed by atoms with Crippen molar-refractivity contribution in [3.8, 4) is 0 Å². The predicted molar refractivity (Wildman–Crippen MR) is 84.9 cm³/mol. The van der Waals surface area contributed by atoms with Crippen LogP contribution in [0.5, 0.6) is 0 Å². The number of thioether (sulfide) groups is 1. The van der Waals surface area contributed by atoms with Gasteiger partial charge in [0.2, 0.25) is 0 Å². The number of nitrogens with zero attached hydrogens (tertiary/aromatic N) is 1. The average Bonchev–Trinajstić information content (AvgIpc) is 2.34. The van der Waals surface area contributed by atoms with Crippen molar-refractivity contribution in [3.63, 3.8) is 0 Å². The Labute approximate surface area is 128 Å². The highest BCUT2D eigenvalue weighted by Crippen LogP contribution is 2.23. The molecular weight excluding hydrogens is 274 g/mol. The molecule has 0 aromatic carbocycles. The highest BCUT2D eigenvalue weighted by molar-refractivity contribution is 7.99. The summed E-state index contributed by atoms with van der Waals surface area (Å²) in [7, 11) is 4.10. The summed E-state index contributed by atoms with van der Waals surface area (Å²) < 4.78 is 17.6. The molecule has 0 amide bonds. The number of rotatable bonds is 7. The maximum absolute atomic E-state index is 6.06. The summed E-state index contributed by atoms with van der Waals surface area (Å²) in [5.41, 5.74) is -0.00405. The molecule has 120 valence electrons. The lowest BCUT2D eigenvalue weighted by atomic mass is 10.2. The minimum Gasteiger partial charge on any atom is -0.357 e. The molecule has 0 N–H and O–H groups in total. The van der Waals surface area contributed by atoms with Crippen molar-refractivity contribution in [1.82, 2.24) is 4.90 Å². The van der Waals surface area contributed by atoms with Crippen LogP contribution in [0.15, 0.2) is 0 Å². The number of hydrogen-bond donors (Lipinski definition) is 0. The zero-order valence-electron chi connectivity index (χ0n) is 13.8. The molecule has 0 aromatic rings. The quantitative estimate of drug-likeness (QED) is 0.674. The summed E-state index contributed by atoms with van der Waals surface area (Å²) in [5.74, 6) is 0.887. The molecule has 1 aliphatic rings. The van der Waals surface area contributed by atoms with Gasteiger partial charge in [0.25, 0.3) is 0 Å². The fourth-order valence-corrected chi connectivity index (χ4v) is 2.99. The Kier molecular flexibility index (Phi) is 7.83. The molecule has 0 bridgehead atoms. The second kappa shape index (κ2) is 8.59. The third-order valence-corrected chi connectivity index (χ3v) is 4.08. The molecule has 20 heavy (non-hydrogen) atoms. The van der Waals surface area contributed by atoms with Crippen molar-refractivity contribution in [2.45, 2.75) is 70.5 Å². The summed E-state index contributed by atoms with van der Waals surface area (Å²) >= 11 is 1.78. The largest absolute Gasteiger partial charge is 0.357 e. The van der Waals surface area contributed by atoms with Gasteiger partial charge < -0.3 is 14.2 Å². The van der Waals surface area contributed by atoms with E-state index in [9.17, 15) is 0 Å². The van der Waals surface area contributed by atoms with Crippen molar-refractivity contribution < 1.29 is 14.2 Å². The zero-order valence-corrected chi connectivity index (χ0v) is 14.7. The first kappa shape index (κ1) is 18.2. The highest BCUT2D eigenvalue weighted by atomic mass is 32.2. The summed E-state index contributed by atoms with van der Waals surface area (Å²) in [6.45, 7) is 9.18. The minimum atomic E-state index is -0.133. The SMILES string of the molecule is CC(OC1CCCCO1)SCC(OC(C)(C)C)N(C)C. The van der Waals surface area contributed by atoms with Gasteiger partial charge in [0.05, 0.1) is 5.60 Å². The van der Waals surface area contributed by atoms with Crippen molar-refractivity contribution in [3.05, 3.63) is 0 Å². The molecule has 1 rings (SSSR count). The third kappa shape index (κ3) is 7.84. The Balaban J connectivity index is 2.30. The van der Waals surface area contributed by atoms with Gasteiger partial charge in [-0.1, -0.05) is 0 Å². The molecule has 1 saturated heterocycles. The van der Waals surface area contributed by atoms with Crippen LogP contribution in [0.3, 0.4) is 0 Å². The normalized spacial score (nSPS) is 23.9. The van der Waals surface area contributed by atoms with E-state index in [1.54, 1.807) is 11.8 Å². The highest BCUT2D eigenvalue weighted by Gasteiger charge is 2.23. The molecule has 1 fully saturated rings. The fraction of sp³-hybridized carbons (Fsp3) is 1.00. The molecule has 3 atom stereocenters. The second-order valence-corrected chi connectivity index (χ2v) is 7.81. The molecule has 1 aliphatic heterocycles. The first-order valence-corrected chi connectivity index (χ1v) is 8.56. The monoisotopic (exact) mass is 305 g/mol. The maximum atomic E-state index is 6.06. The first-order chi connectivity index (χ1) is 9.28. The Morgan fingerprint density at radius 1 is 1.30 bits per heavy atom. The van der Waals surface area contributed by atoms with Crippen LogP contribution < -0.4 is 0 Å². The van der Waals surface area contributed by atoms with Gasteiger partial charge in [-0.05, 0) is 61.1 Å². The number of hydrogen-bond acceptors (Lipinski definition) is 5. The lowest BCUT2D eigenvalue weighted by molar-refractivity contribution is -0.167. The Hall–Kier alpha value is 0.190. The summed E-state index contributed by atoms with van der Waals surface area (Å²) in [6, 6.07) is 0. The van der Waals surface area contributed by atoms with Gasteiger partial charge in [0, 0.05) is 12.4 Å². The molecule has 4 nitrogen and oxygen atoms in total. The van der Waals surface area contributed by atoms with Crippen LogP contribution in [0.1, 0.15) is 47.0 Å². The smallest absolute Gasteiger partial charge is 0.159 e. The van der Waals surface area contributed by atoms with E-state index in [0.29, 0.717) is 0 Å². The van der Waals surface area contributed by atoms with Gasteiger partial charge >= 0.3 is 0 Å².